The van der Waals surface area contributed by atoms with Gasteiger partial charge in [-0.25, -0.2) is 15.0 Å². The van der Waals surface area contributed by atoms with E-state index in [1.165, 1.54) is 11.3 Å². The van der Waals surface area contributed by atoms with E-state index in [4.69, 9.17) is 4.74 Å². The number of rotatable bonds is 5. The zero-order chi connectivity index (χ0) is 25.4. The highest BCUT2D eigenvalue weighted by Gasteiger charge is 2.25. The van der Waals surface area contributed by atoms with Gasteiger partial charge in [-0.3, -0.25) is 14.2 Å². The maximum atomic E-state index is 14.2. The minimum atomic E-state index is -0.204. The van der Waals surface area contributed by atoms with Crippen molar-refractivity contribution in [3.05, 3.63) is 93.7 Å². The lowest BCUT2D eigenvalue weighted by Gasteiger charge is -2.27. The lowest BCUT2D eigenvalue weighted by molar-refractivity contribution is 0.0304. The van der Waals surface area contributed by atoms with Crippen LogP contribution in [0.25, 0.3) is 26.8 Å². The molecule has 0 radical (unpaired) electrons. The van der Waals surface area contributed by atoms with Crippen molar-refractivity contribution >= 4 is 38.4 Å². The van der Waals surface area contributed by atoms with Gasteiger partial charge in [0.2, 0.25) is 0 Å². The van der Waals surface area contributed by atoms with Crippen LogP contribution in [0.3, 0.4) is 0 Å². The first-order valence-corrected chi connectivity index (χ1v) is 13.1. The zero-order valence-electron chi connectivity index (χ0n) is 20.3. The summed E-state index contributed by atoms with van der Waals surface area (Å²) in [5.41, 5.74) is 5.25. The number of nitrogens with zero attached hydrogens (tertiary/aromatic N) is 5. The Morgan fingerprint density at radius 2 is 1.86 bits per heavy atom. The number of pyridine rings is 1. The van der Waals surface area contributed by atoms with Crippen molar-refractivity contribution in [1.29, 1.82) is 0 Å². The molecule has 9 heteroatoms. The minimum absolute atomic E-state index is 0.0595. The Morgan fingerprint density at radius 3 is 2.68 bits per heavy atom. The van der Waals surface area contributed by atoms with Gasteiger partial charge in [-0.05, 0) is 29.7 Å². The summed E-state index contributed by atoms with van der Waals surface area (Å²) in [6, 6.07) is 17.1. The molecule has 8 nitrogen and oxygen atoms in total. The number of benzene rings is 2. The van der Waals surface area contributed by atoms with Crippen molar-refractivity contribution < 1.29 is 9.53 Å². The molecule has 1 aliphatic heterocycles. The number of fused-ring (bicyclic) bond motifs is 2. The second-order valence-electron chi connectivity index (χ2n) is 9.15. The summed E-state index contributed by atoms with van der Waals surface area (Å²) >= 11 is 1.48. The summed E-state index contributed by atoms with van der Waals surface area (Å²) in [5, 5.41) is 1.18. The van der Waals surface area contributed by atoms with Gasteiger partial charge < -0.3 is 9.64 Å². The Morgan fingerprint density at radius 1 is 1.05 bits per heavy atom. The minimum Gasteiger partial charge on any atom is -0.378 e. The number of hydrogen-bond donors (Lipinski definition) is 0. The van der Waals surface area contributed by atoms with Crippen LogP contribution in [0, 0.1) is 0 Å². The number of ether oxygens (including phenoxy) is 1. The Hall–Kier alpha value is -3.95. The second-order valence-corrected chi connectivity index (χ2v) is 9.98. The molecule has 0 spiro atoms. The number of thiazole rings is 1. The Kier molecular flexibility index (Phi) is 6.23. The molecule has 0 saturated carbocycles. The van der Waals surface area contributed by atoms with Crippen LogP contribution in [0.1, 0.15) is 34.6 Å². The van der Waals surface area contributed by atoms with Gasteiger partial charge in [0.1, 0.15) is 16.7 Å². The van der Waals surface area contributed by atoms with E-state index in [1.54, 1.807) is 27.4 Å². The van der Waals surface area contributed by atoms with E-state index in [1.807, 2.05) is 48.5 Å². The first-order valence-electron chi connectivity index (χ1n) is 12.3. The van der Waals surface area contributed by atoms with Crippen molar-refractivity contribution in [3.63, 3.8) is 0 Å². The standard InChI is InChI=1S/C28H25N5O3S/c1-18(14-22-25-26(30-16-29-22)37-17-31-25)23-15-19-6-5-9-21(27(34)32-10-12-36-13-11-32)24(19)28(35)33(23)20-7-3-2-4-8-20/h2-9,15-18H,10-14H2,1H3/t18-/m1/s1. The van der Waals surface area contributed by atoms with Gasteiger partial charge in [-0.1, -0.05) is 37.3 Å². The molecule has 37 heavy (non-hydrogen) atoms. The molecule has 1 amide bonds. The predicted octanol–water partition coefficient (Wildman–Crippen LogP) is 4.21. The molecule has 3 aromatic heterocycles. The third-order valence-electron chi connectivity index (χ3n) is 6.83. The number of hydrogen-bond acceptors (Lipinski definition) is 7. The first kappa shape index (κ1) is 23.4. The molecular formula is C28H25N5O3S. The maximum absolute atomic E-state index is 14.2. The van der Waals surface area contributed by atoms with Gasteiger partial charge in [-0.15, -0.1) is 11.3 Å². The molecule has 0 aliphatic carbocycles. The van der Waals surface area contributed by atoms with Crippen LogP contribution in [0.15, 0.2) is 71.2 Å². The van der Waals surface area contributed by atoms with E-state index >= 15 is 0 Å². The number of carbonyl (C=O) groups excluding carboxylic acids is 1. The molecule has 1 atom stereocenters. The molecule has 4 heterocycles. The summed E-state index contributed by atoms with van der Waals surface area (Å²) < 4.78 is 7.15. The van der Waals surface area contributed by atoms with E-state index in [0.29, 0.717) is 43.7 Å². The molecule has 2 aromatic carbocycles. The first-order chi connectivity index (χ1) is 18.1. The van der Waals surface area contributed by atoms with Crippen molar-refractivity contribution in [2.75, 3.05) is 26.3 Å². The fourth-order valence-corrected chi connectivity index (χ4v) is 5.64. The fourth-order valence-electron chi connectivity index (χ4n) is 4.99. The van der Waals surface area contributed by atoms with Gasteiger partial charge in [0.05, 0.1) is 35.4 Å². The summed E-state index contributed by atoms with van der Waals surface area (Å²) in [6.07, 6.45) is 2.16. The van der Waals surface area contributed by atoms with Crippen LogP contribution in [-0.2, 0) is 11.2 Å². The topological polar surface area (TPSA) is 90.2 Å². The molecule has 0 N–H and O–H groups in total. The molecule has 0 bridgehead atoms. The normalized spacial score (nSPS) is 14.8. The summed E-state index contributed by atoms with van der Waals surface area (Å²) in [5.74, 6) is -0.200. The lowest BCUT2D eigenvalue weighted by atomic mass is 9.96. The van der Waals surface area contributed by atoms with E-state index < -0.39 is 0 Å². The highest BCUT2D eigenvalue weighted by atomic mass is 32.1. The zero-order valence-corrected chi connectivity index (χ0v) is 21.1. The number of aromatic nitrogens is 4. The van der Waals surface area contributed by atoms with E-state index in [2.05, 4.69) is 21.9 Å². The van der Waals surface area contributed by atoms with Crippen LogP contribution in [0.2, 0.25) is 0 Å². The largest absolute Gasteiger partial charge is 0.378 e. The highest BCUT2D eigenvalue weighted by Crippen LogP contribution is 2.28. The van der Waals surface area contributed by atoms with Crippen LogP contribution >= 0.6 is 11.3 Å². The van der Waals surface area contributed by atoms with Gasteiger partial charge >= 0.3 is 0 Å². The molecule has 1 aliphatic rings. The maximum Gasteiger partial charge on any atom is 0.264 e. The Labute approximate surface area is 217 Å². The highest BCUT2D eigenvalue weighted by molar-refractivity contribution is 7.16. The average molecular weight is 512 g/mol. The number of carbonyl (C=O) groups is 1. The van der Waals surface area contributed by atoms with Crippen molar-refractivity contribution in [2.45, 2.75) is 19.3 Å². The van der Waals surface area contributed by atoms with Crippen LogP contribution in [-0.4, -0.2) is 56.6 Å². The fraction of sp³-hybridized carbons (Fsp3) is 0.250. The van der Waals surface area contributed by atoms with Gasteiger partial charge in [-0.2, -0.15) is 0 Å². The van der Waals surface area contributed by atoms with Crippen LogP contribution < -0.4 is 5.56 Å². The third kappa shape index (κ3) is 4.30. The SMILES string of the molecule is C[C@H](Cc1ncnc2scnc12)c1cc2cccc(C(=O)N3CCOCC3)c2c(=O)n1-c1ccccc1. The van der Waals surface area contributed by atoms with Crippen molar-refractivity contribution in [2.24, 2.45) is 0 Å². The monoisotopic (exact) mass is 511 g/mol. The van der Waals surface area contributed by atoms with Gasteiger partial charge in [0, 0.05) is 36.8 Å². The number of para-hydroxylation sites is 1. The van der Waals surface area contributed by atoms with Gasteiger partial charge in [0.15, 0.2) is 0 Å². The predicted molar refractivity (Wildman–Crippen MR) is 144 cm³/mol. The molecule has 186 valence electrons. The van der Waals surface area contributed by atoms with Gasteiger partial charge in [0.25, 0.3) is 11.5 Å². The number of amides is 1. The quantitative estimate of drug-likeness (QED) is 0.351. The summed E-state index contributed by atoms with van der Waals surface area (Å²) in [6.45, 7) is 4.12. The van der Waals surface area contributed by atoms with E-state index in [-0.39, 0.29) is 17.4 Å². The Bertz CT molecular complexity index is 1660. The summed E-state index contributed by atoms with van der Waals surface area (Å²) in [7, 11) is 0. The van der Waals surface area contributed by atoms with Crippen LogP contribution in [0.4, 0.5) is 0 Å². The molecule has 6 rings (SSSR count). The Balaban J connectivity index is 1.51. The van der Waals surface area contributed by atoms with E-state index in [0.717, 1.165) is 32.8 Å². The van der Waals surface area contributed by atoms with E-state index in [9.17, 15) is 9.59 Å². The number of morpholine rings is 1. The molecule has 1 saturated heterocycles. The average Bonchev–Trinajstić information content (AvgIpc) is 3.43. The van der Waals surface area contributed by atoms with Crippen LogP contribution in [0.5, 0.6) is 0 Å². The molecule has 1 fully saturated rings. The second kappa shape index (κ2) is 9.84. The lowest BCUT2D eigenvalue weighted by Crippen LogP contribution is -2.41. The van der Waals surface area contributed by atoms with Crippen molar-refractivity contribution in [3.8, 4) is 5.69 Å². The molecular weight excluding hydrogens is 486 g/mol. The summed E-state index contributed by atoms with van der Waals surface area (Å²) in [4.78, 5) is 43.6. The smallest absolute Gasteiger partial charge is 0.264 e. The third-order valence-corrected chi connectivity index (χ3v) is 7.57. The van der Waals surface area contributed by atoms with Crippen molar-refractivity contribution in [1.82, 2.24) is 24.4 Å². The molecule has 5 aromatic rings. The molecule has 0 unspecified atom stereocenters.